The van der Waals surface area contributed by atoms with Crippen molar-refractivity contribution >= 4 is 39.8 Å². The number of hydrazone groups is 1. The van der Waals surface area contributed by atoms with Crippen molar-refractivity contribution in [2.24, 2.45) is 16.0 Å². The molecule has 0 bridgehead atoms. The molecule has 1 aliphatic carbocycles. The summed E-state index contributed by atoms with van der Waals surface area (Å²) >= 11 is 1.42. The van der Waals surface area contributed by atoms with E-state index in [1.807, 2.05) is 18.2 Å². The van der Waals surface area contributed by atoms with Crippen LogP contribution in [0.3, 0.4) is 0 Å². The maximum atomic E-state index is 12.9. The lowest BCUT2D eigenvalue weighted by molar-refractivity contribution is -0.114. The molecule has 0 radical (unpaired) electrons. The highest BCUT2D eigenvalue weighted by atomic mass is 32.2. The van der Waals surface area contributed by atoms with Crippen molar-refractivity contribution in [2.75, 3.05) is 20.3 Å². The Morgan fingerprint density at radius 2 is 1.75 bits per heavy atom. The first kappa shape index (κ1) is 28.0. The van der Waals surface area contributed by atoms with E-state index in [9.17, 15) is 4.79 Å². The molecule has 2 aromatic carbocycles. The van der Waals surface area contributed by atoms with Crippen molar-refractivity contribution < 1.29 is 19.0 Å². The minimum absolute atomic E-state index is 0.0419. The predicted octanol–water partition coefficient (Wildman–Crippen LogP) is 6.65. The third kappa shape index (κ3) is 6.25. The molecule has 5 rings (SSSR count). The first-order valence-electron chi connectivity index (χ1n) is 13.8. The number of nitrogens with one attached hydrogen (secondary N) is 1. The van der Waals surface area contributed by atoms with Crippen molar-refractivity contribution in [2.45, 2.75) is 58.3 Å². The van der Waals surface area contributed by atoms with Crippen LogP contribution in [0.15, 0.2) is 58.1 Å². The van der Waals surface area contributed by atoms with Crippen molar-refractivity contribution in [3.05, 3.63) is 59.2 Å². The number of amidine groups is 2. The molecule has 0 aromatic heterocycles. The molecule has 3 aliphatic rings. The molecule has 40 heavy (non-hydrogen) atoms. The first-order chi connectivity index (χ1) is 19.2. The van der Waals surface area contributed by atoms with Gasteiger partial charge in [0.05, 0.1) is 12.7 Å². The second-order valence-corrected chi connectivity index (χ2v) is 12.2. The van der Waals surface area contributed by atoms with Gasteiger partial charge < -0.3 is 14.2 Å². The third-order valence-electron chi connectivity index (χ3n) is 7.25. The molecule has 2 aliphatic heterocycles. The second kappa shape index (κ2) is 11.9. The molecule has 1 N–H and O–H groups in total. The zero-order valence-electron chi connectivity index (χ0n) is 23.5. The number of nitrogens with zero attached hydrogens (tertiary/aromatic N) is 3. The van der Waals surface area contributed by atoms with E-state index in [1.165, 1.54) is 41.6 Å². The summed E-state index contributed by atoms with van der Waals surface area (Å²) in [5.74, 6) is 1.88. The Hall–Kier alpha value is -3.59. The average molecular weight is 561 g/mol. The van der Waals surface area contributed by atoms with Crippen LogP contribution in [0.4, 0.5) is 0 Å². The molecule has 0 saturated heterocycles. The zero-order valence-corrected chi connectivity index (χ0v) is 24.3. The normalized spacial score (nSPS) is 18.9. The van der Waals surface area contributed by atoms with E-state index >= 15 is 0 Å². The van der Waals surface area contributed by atoms with Gasteiger partial charge in [0.2, 0.25) is 5.17 Å². The zero-order chi connectivity index (χ0) is 28.3. The van der Waals surface area contributed by atoms with Gasteiger partial charge in [-0.3, -0.25) is 10.2 Å². The standard InChI is InChI=1S/C31H36N4O4S/c1-31(2,3)22-11-13-23(14-12-22)38-16-17-39-25-15-10-20(19-26(25)37-4)18-24-27(32)35-30(33-28(24)36)40-29(34-35)21-8-6-5-7-9-21/h10-15,18-19,21,32H,5-9,16-17H2,1-4H3. The number of carbonyl (C=O) groups excluding carboxylic acids is 1. The van der Waals surface area contributed by atoms with Crippen LogP contribution in [-0.2, 0) is 10.2 Å². The predicted molar refractivity (Wildman–Crippen MR) is 161 cm³/mol. The van der Waals surface area contributed by atoms with E-state index < -0.39 is 5.91 Å². The Balaban J connectivity index is 1.22. The molecule has 1 amide bonds. The van der Waals surface area contributed by atoms with E-state index in [1.54, 1.807) is 25.3 Å². The van der Waals surface area contributed by atoms with E-state index in [4.69, 9.17) is 19.6 Å². The van der Waals surface area contributed by atoms with Gasteiger partial charge >= 0.3 is 0 Å². The molecule has 9 heteroatoms. The van der Waals surface area contributed by atoms with E-state index in [2.05, 4.69) is 43.0 Å². The number of rotatable bonds is 8. The Kier molecular flexibility index (Phi) is 8.30. The maximum Gasteiger partial charge on any atom is 0.283 e. The fourth-order valence-electron chi connectivity index (χ4n) is 4.94. The summed E-state index contributed by atoms with van der Waals surface area (Å²) in [6, 6.07) is 13.5. The van der Waals surface area contributed by atoms with Crippen LogP contribution in [0.2, 0.25) is 0 Å². The lowest BCUT2D eigenvalue weighted by Crippen LogP contribution is -2.35. The monoisotopic (exact) mass is 560 g/mol. The van der Waals surface area contributed by atoms with Crippen molar-refractivity contribution in [1.29, 1.82) is 5.41 Å². The minimum Gasteiger partial charge on any atom is -0.493 e. The minimum atomic E-state index is -0.434. The summed E-state index contributed by atoms with van der Waals surface area (Å²) in [6.45, 7) is 7.27. The van der Waals surface area contributed by atoms with Gasteiger partial charge in [0, 0.05) is 5.92 Å². The third-order valence-corrected chi connectivity index (χ3v) is 8.32. The van der Waals surface area contributed by atoms with Crippen LogP contribution in [0.25, 0.3) is 6.08 Å². The van der Waals surface area contributed by atoms with Crippen LogP contribution in [0.5, 0.6) is 17.2 Å². The largest absolute Gasteiger partial charge is 0.493 e. The molecule has 210 valence electrons. The van der Waals surface area contributed by atoms with E-state index in [-0.39, 0.29) is 16.8 Å². The Morgan fingerprint density at radius 1 is 1.02 bits per heavy atom. The van der Waals surface area contributed by atoms with Crippen molar-refractivity contribution in [3.63, 3.8) is 0 Å². The summed E-state index contributed by atoms with van der Waals surface area (Å²) in [7, 11) is 1.57. The first-order valence-corrected chi connectivity index (χ1v) is 14.6. The SMILES string of the molecule is COc1cc(C=C2C(=N)N3N=C(C4CCCCC4)SC3=NC2=O)ccc1OCCOc1ccc(C(C)(C)C)cc1. The molecule has 8 nitrogen and oxygen atoms in total. The number of thioether (sulfide) groups is 1. The van der Waals surface area contributed by atoms with Crippen LogP contribution < -0.4 is 14.2 Å². The molecule has 0 unspecified atom stereocenters. The van der Waals surface area contributed by atoms with Crippen molar-refractivity contribution in [3.8, 4) is 17.2 Å². The molecule has 0 spiro atoms. The lowest BCUT2D eigenvalue weighted by Gasteiger charge is -2.20. The summed E-state index contributed by atoms with van der Waals surface area (Å²) in [4.78, 5) is 17.1. The van der Waals surface area contributed by atoms with Gasteiger partial charge in [-0.15, -0.1) is 0 Å². The lowest BCUT2D eigenvalue weighted by atomic mass is 9.87. The number of aliphatic imine (C=N–C) groups is 1. The number of hydrogen-bond acceptors (Lipinski definition) is 7. The highest BCUT2D eigenvalue weighted by Crippen LogP contribution is 2.37. The number of carbonyl (C=O) groups is 1. The van der Waals surface area contributed by atoms with Gasteiger partial charge in [-0.1, -0.05) is 58.2 Å². The van der Waals surface area contributed by atoms with Crippen molar-refractivity contribution in [1.82, 2.24) is 5.01 Å². The number of fused-ring (bicyclic) bond motifs is 1. The fourth-order valence-corrected chi connectivity index (χ4v) is 6.00. The summed E-state index contributed by atoms with van der Waals surface area (Å²) in [6.07, 6.45) is 7.49. The van der Waals surface area contributed by atoms with Gasteiger partial charge in [-0.25, -0.2) is 0 Å². The summed E-state index contributed by atoms with van der Waals surface area (Å²) in [5, 5.41) is 16.3. The smallest absolute Gasteiger partial charge is 0.283 e. The Morgan fingerprint density at radius 3 is 2.45 bits per heavy atom. The quantitative estimate of drug-likeness (QED) is 0.287. The molecule has 2 heterocycles. The number of methoxy groups -OCH3 is 1. The number of ether oxygens (including phenoxy) is 3. The van der Waals surface area contributed by atoms with Crippen LogP contribution in [-0.4, -0.2) is 47.3 Å². The molecule has 1 fully saturated rings. The van der Waals surface area contributed by atoms with Gasteiger partial charge in [-0.05, 0) is 71.5 Å². The van der Waals surface area contributed by atoms with E-state index in [0.717, 1.165) is 23.6 Å². The summed E-state index contributed by atoms with van der Waals surface area (Å²) in [5.41, 5.74) is 2.25. The topological polar surface area (TPSA) is 96.6 Å². The van der Waals surface area contributed by atoms with E-state index in [0.29, 0.717) is 41.4 Å². The molecular formula is C31H36N4O4S. The molecular weight excluding hydrogens is 524 g/mol. The van der Waals surface area contributed by atoms with Gasteiger partial charge in [0.25, 0.3) is 5.91 Å². The van der Waals surface area contributed by atoms with Crippen LogP contribution >= 0.6 is 11.8 Å². The number of amides is 1. The molecule has 0 atom stereocenters. The fraction of sp³-hybridized carbons (Fsp3) is 0.419. The summed E-state index contributed by atoms with van der Waals surface area (Å²) < 4.78 is 17.3. The molecule has 1 saturated carbocycles. The highest BCUT2D eigenvalue weighted by Gasteiger charge is 2.38. The second-order valence-electron chi connectivity index (χ2n) is 11.2. The average Bonchev–Trinajstić information content (AvgIpc) is 3.38. The number of benzene rings is 2. The number of hydrogen-bond donors (Lipinski definition) is 1. The van der Waals surface area contributed by atoms with Gasteiger partial charge in [-0.2, -0.15) is 15.1 Å². The highest BCUT2D eigenvalue weighted by molar-refractivity contribution is 8.27. The Bertz CT molecular complexity index is 1370. The maximum absolute atomic E-state index is 12.9. The van der Waals surface area contributed by atoms with Crippen LogP contribution in [0, 0.1) is 11.3 Å². The Labute approximate surface area is 240 Å². The van der Waals surface area contributed by atoms with Gasteiger partial charge in [0.15, 0.2) is 17.3 Å². The molecule has 2 aromatic rings. The van der Waals surface area contributed by atoms with Crippen LogP contribution in [0.1, 0.15) is 64.0 Å². The van der Waals surface area contributed by atoms with Gasteiger partial charge in [0.1, 0.15) is 24.0 Å².